The van der Waals surface area contributed by atoms with Gasteiger partial charge in [-0.1, -0.05) is 12.8 Å². The summed E-state index contributed by atoms with van der Waals surface area (Å²) in [4.78, 5) is 14.2. The number of rotatable bonds is 4. The summed E-state index contributed by atoms with van der Waals surface area (Å²) in [6, 6.07) is 6.54. The molecular formula is C16H22FNO. The van der Waals surface area contributed by atoms with Gasteiger partial charge in [-0.2, -0.15) is 0 Å². The van der Waals surface area contributed by atoms with Crippen molar-refractivity contribution in [3.05, 3.63) is 30.1 Å². The molecule has 2 rings (SSSR count). The average Bonchev–Trinajstić information content (AvgIpc) is 2.62. The lowest BCUT2D eigenvalue weighted by Crippen LogP contribution is -2.32. The molecule has 0 bridgehead atoms. The standard InChI is InChI=1S/C16H22FNO/c1-2-18(15-10-8-14(17)9-11-15)12-13-6-4-3-5-7-16(13)19/h8-11,13H,2-7,12H2,1H3. The predicted octanol–water partition coefficient (Wildman–Crippen LogP) is 3.80. The van der Waals surface area contributed by atoms with Crippen LogP contribution in [0.5, 0.6) is 0 Å². The summed E-state index contributed by atoms with van der Waals surface area (Å²) in [6.07, 6.45) is 5.09. The first-order chi connectivity index (χ1) is 9.20. The fraction of sp³-hybridized carbons (Fsp3) is 0.562. The van der Waals surface area contributed by atoms with Gasteiger partial charge >= 0.3 is 0 Å². The topological polar surface area (TPSA) is 20.3 Å². The third-order valence-electron chi connectivity index (χ3n) is 3.95. The van der Waals surface area contributed by atoms with Crippen molar-refractivity contribution in [1.29, 1.82) is 0 Å². The van der Waals surface area contributed by atoms with Crippen LogP contribution < -0.4 is 4.90 Å². The highest BCUT2D eigenvalue weighted by atomic mass is 19.1. The van der Waals surface area contributed by atoms with E-state index in [0.29, 0.717) is 5.78 Å². The Hall–Kier alpha value is -1.38. The van der Waals surface area contributed by atoms with Crippen LogP contribution in [-0.2, 0) is 4.79 Å². The Kier molecular flexibility index (Phi) is 4.94. The van der Waals surface area contributed by atoms with Crippen molar-refractivity contribution in [1.82, 2.24) is 0 Å². The van der Waals surface area contributed by atoms with Crippen LogP contribution in [0.4, 0.5) is 10.1 Å². The number of halogens is 1. The summed E-state index contributed by atoms with van der Waals surface area (Å²) in [6.45, 7) is 3.68. The van der Waals surface area contributed by atoms with E-state index in [9.17, 15) is 9.18 Å². The van der Waals surface area contributed by atoms with Gasteiger partial charge in [-0.05, 0) is 44.0 Å². The summed E-state index contributed by atoms with van der Waals surface area (Å²) in [5.41, 5.74) is 1.00. The molecule has 0 heterocycles. The largest absolute Gasteiger partial charge is 0.371 e. The van der Waals surface area contributed by atoms with E-state index in [1.54, 1.807) is 12.1 Å². The number of benzene rings is 1. The van der Waals surface area contributed by atoms with Crippen molar-refractivity contribution in [3.63, 3.8) is 0 Å². The first-order valence-corrected chi connectivity index (χ1v) is 7.24. The van der Waals surface area contributed by atoms with E-state index in [1.165, 1.54) is 18.6 Å². The molecule has 19 heavy (non-hydrogen) atoms. The monoisotopic (exact) mass is 263 g/mol. The number of hydrogen-bond donors (Lipinski definition) is 0. The fourth-order valence-corrected chi connectivity index (χ4v) is 2.76. The third-order valence-corrected chi connectivity index (χ3v) is 3.95. The third kappa shape index (κ3) is 3.79. The summed E-state index contributed by atoms with van der Waals surface area (Å²) in [5, 5.41) is 0. The minimum Gasteiger partial charge on any atom is -0.371 e. The molecule has 0 N–H and O–H groups in total. The maximum atomic E-state index is 13.0. The molecule has 1 aromatic rings. The van der Waals surface area contributed by atoms with E-state index in [1.807, 2.05) is 0 Å². The van der Waals surface area contributed by atoms with Crippen LogP contribution in [0.1, 0.15) is 39.0 Å². The van der Waals surface area contributed by atoms with Crippen molar-refractivity contribution < 1.29 is 9.18 Å². The average molecular weight is 263 g/mol. The highest BCUT2D eigenvalue weighted by Gasteiger charge is 2.22. The number of anilines is 1. The van der Waals surface area contributed by atoms with Gasteiger partial charge < -0.3 is 4.90 Å². The summed E-state index contributed by atoms with van der Waals surface area (Å²) in [5.74, 6) is 0.330. The van der Waals surface area contributed by atoms with E-state index in [-0.39, 0.29) is 11.7 Å². The lowest BCUT2D eigenvalue weighted by atomic mass is 9.98. The van der Waals surface area contributed by atoms with Gasteiger partial charge in [0.25, 0.3) is 0 Å². The van der Waals surface area contributed by atoms with Gasteiger partial charge in [-0.25, -0.2) is 4.39 Å². The van der Waals surface area contributed by atoms with Crippen molar-refractivity contribution in [2.75, 3.05) is 18.0 Å². The number of hydrogen-bond acceptors (Lipinski definition) is 2. The van der Waals surface area contributed by atoms with Crippen LogP contribution in [0.15, 0.2) is 24.3 Å². The van der Waals surface area contributed by atoms with E-state index in [0.717, 1.165) is 44.5 Å². The molecule has 1 unspecified atom stereocenters. The van der Waals surface area contributed by atoms with Crippen molar-refractivity contribution in [3.8, 4) is 0 Å². The van der Waals surface area contributed by atoms with Crippen molar-refractivity contribution in [2.24, 2.45) is 5.92 Å². The quantitative estimate of drug-likeness (QED) is 0.770. The second-order valence-electron chi connectivity index (χ2n) is 5.28. The fourth-order valence-electron chi connectivity index (χ4n) is 2.76. The highest BCUT2D eigenvalue weighted by molar-refractivity contribution is 5.81. The van der Waals surface area contributed by atoms with Crippen LogP contribution in [0.25, 0.3) is 0 Å². The second kappa shape index (κ2) is 6.69. The lowest BCUT2D eigenvalue weighted by molar-refractivity contribution is -0.122. The summed E-state index contributed by atoms with van der Waals surface area (Å²) < 4.78 is 13.0. The lowest BCUT2D eigenvalue weighted by Gasteiger charge is -2.27. The maximum absolute atomic E-state index is 13.0. The highest BCUT2D eigenvalue weighted by Crippen LogP contribution is 2.23. The molecule has 0 spiro atoms. The zero-order chi connectivity index (χ0) is 13.7. The van der Waals surface area contributed by atoms with Crippen molar-refractivity contribution in [2.45, 2.75) is 39.0 Å². The number of ketones is 1. The Morgan fingerprint density at radius 3 is 2.63 bits per heavy atom. The molecule has 1 aliphatic rings. The molecule has 1 atom stereocenters. The van der Waals surface area contributed by atoms with E-state index in [2.05, 4.69) is 11.8 Å². The molecule has 104 valence electrons. The molecule has 0 saturated heterocycles. The summed E-state index contributed by atoms with van der Waals surface area (Å²) in [7, 11) is 0. The Morgan fingerprint density at radius 2 is 1.95 bits per heavy atom. The molecule has 0 radical (unpaired) electrons. The van der Waals surface area contributed by atoms with Crippen LogP contribution in [-0.4, -0.2) is 18.9 Å². The van der Waals surface area contributed by atoms with Gasteiger partial charge in [-0.15, -0.1) is 0 Å². The zero-order valence-corrected chi connectivity index (χ0v) is 11.6. The number of carbonyl (C=O) groups is 1. The zero-order valence-electron chi connectivity index (χ0n) is 11.6. The molecular weight excluding hydrogens is 241 g/mol. The first kappa shape index (κ1) is 14.0. The van der Waals surface area contributed by atoms with Gasteiger partial charge in [0, 0.05) is 31.1 Å². The van der Waals surface area contributed by atoms with Gasteiger partial charge in [0.1, 0.15) is 11.6 Å². The minimum absolute atomic E-state index is 0.146. The molecule has 0 aromatic heterocycles. The maximum Gasteiger partial charge on any atom is 0.137 e. The number of nitrogens with zero attached hydrogens (tertiary/aromatic N) is 1. The normalized spacial score (nSPS) is 20.1. The Balaban J connectivity index is 2.05. The summed E-state index contributed by atoms with van der Waals surface area (Å²) >= 11 is 0. The van der Waals surface area contributed by atoms with Gasteiger partial charge in [-0.3, -0.25) is 4.79 Å². The second-order valence-corrected chi connectivity index (χ2v) is 5.28. The van der Waals surface area contributed by atoms with Gasteiger partial charge in [0.05, 0.1) is 0 Å². The number of carbonyl (C=O) groups excluding carboxylic acids is 1. The smallest absolute Gasteiger partial charge is 0.137 e. The Morgan fingerprint density at radius 1 is 1.21 bits per heavy atom. The van der Waals surface area contributed by atoms with E-state index < -0.39 is 0 Å². The number of Topliss-reactive ketones (excluding diaryl/α,β-unsaturated/α-hetero) is 1. The van der Waals surface area contributed by atoms with Crippen LogP contribution in [0.2, 0.25) is 0 Å². The Labute approximate surface area is 114 Å². The molecule has 2 nitrogen and oxygen atoms in total. The van der Waals surface area contributed by atoms with Gasteiger partial charge in [0.2, 0.25) is 0 Å². The first-order valence-electron chi connectivity index (χ1n) is 7.24. The molecule has 1 aliphatic carbocycles. The molecule has 3 heteroatoms. The molecule has 1 aromatic carbocycles. The SMILES string of the molecule is CCN(CC1CCCCCC1=O)c1ccc(F)cc1. The van der Waals surface area contributed by atoms with E-state index in [4.69, 9.17) is 0 Å². The molecule has 1 saturated carbocycles. The van der Waals surface area contributed by atoms with Crippen molar-refractivity contribution >= 4 is 11.5 Å². The Bertz CT molecular complexity index is 415. The molecule has 0 amide bonds. The predicted molar refractivity (Wildman–Crippen MR) is 75.9 cm³/mol. The van der Waals surface area contributed by atoms with E-state index >= 15 is 0 Å². The minimum atomic E-state index is -0.217. The van der Waals surface area contributed by atoms with Crippen LogP contribution >= 0.6 is 0 Å². The van der Waals surface area contributed by atoms with Crippen LogP contribution in [0.3, 0.4) is 0 Å². The molecule has 1 fully saturated rings. The van der Waals surface area contributed by atoms with Gasteiger partial charge in [0.15, 0.2) is 0 Å². The molecule has 0 aliphatic heterocycles. The van der Waals surface area contributed by atoms with Crippen LogP contribution in [0, 0.1) is 11.7 Å².